The summed E-state index contributed by atoms with van der Waals surface area (Å²) in [7, 11) is -3.52. The summed E-state index contributed by atoms with van der Waals surface area (Å²) in [5.74, 6) is -1.50. The van der Waals surface area contributed by atoms with Crippen LogP contribution in [-0.4, -0.2) is 24.4 Å². The van der Waals surface area contributed by atoms with Crippen molar-refractivity contribution in [2.45, 2.75) is 12.7 Å². The Bertz CT molecular complexity index is 573. The van der Waals surface area contributed by atoms with Gasteiger partial charge in [-0.15, -0.1) is 0 Å². The minimum absolute atomic E-state index is 0. The van der Waals surface area contributed by atoms with E-state index in [0.717, 1.165) is 5.56 Å². The summed E-state index contributed by atoms with van der Waals surface area (Å²) < 4.78 is 23.5. The number of thiocarbonyl (C=S) groups is 1. The smallest absolute Gasteiger partial charge is 0.410 e. The van der Waals surface area contributed by atoms with Crippen LogP contribution in [0.3, 0.4) is 0 Å². The second-order valence-corrected chi connectivity index (χ2v) is 7.12. The summed E-state index contributed by atoms with van der Waals surface area (Å²) in [6.07, 6.45) is 0. The number of hydrogen-bond acceptors (Lipinski definition) is 5. The maximum Gasteiger partial charge on any atom is 1.00 e. The molecule has 0 spiro atoms. The Kier molecular flexibility index (Phi) is 9.59. The predicted molar refractivity (Wildman–Crippen MR) is 79.9 cm³/mol. The molecule has 2 N–H and O–H groups in total. The summed E-state index contributed by atoms with van der Waals surface area (Å²) in [5, 5.41) is 0. The third kappa shape index (κ3) is 8.62. The molecular formula is C11H13KN2O3S3. The van der Waals surface area contributed by atoms with Gasteiger partial charge in [-0.25, -0.2) is 8.42 Å². The van der Waals surface area contributed by atoms with Crippen LogP contribution in [0.2, 0.25) is 0 Å². The largest absolute Gasteiger partial charge is 1.00 e. The van der Waals surface area contributed by atoms with Gasteiger partial charge >= 0.3 is 51.4 Å². The number of aryl methyl sites for hydroxylation is 1. The van der Waals surface area contributed by atoms with E-state index in [2.05, 4.69) is 35.7 Å². The van der Waals surface area contributed by atoms with Crippen LogP contribution in [0.25, 0.3) is 0 Å². The van der Waals surface area contributed by atoms with E-state index < -0.39 is 21.5 Å². The van der Waals surface area contributed by atoms with Gasteiger partial charge in [-0.1, -0.05) is 29.8 Å². The quantitative estimate of drug-likeness (QED) is 0.266. The van der Waals surface area contributed by atoms with Gasteiger partial charge in [0.25, 0.3) is 5.91 Å². The van der Waals surface area contributed by atoms with E-state index in [1.807, 2.05) is 19.1 Å². The number of benzene rings is 1. The van der Waals surface area contributed by atoms with Crippen LogP contribution in [0.1, 0.15) is 11.1 Å². The van der Waals surface area contributed by atoms with Crippen molar-refractivity contribution in [3.05, 3.63) is 35.4 Å². The average molecular weight is 357 g/mol. The Morgan fingerprint density at radius 2 is 1.80 bits per heavy atom. The van der Waals surface area contributed by atoms with Crippen LogP contribution in [0.4, 0.5) is 0 Å². The van der Waals surface area contributed by atoms with Crippen molar-refractivity contribution in [1.82, 2.24) is 10.9 Å². The third-order valence-electron chi connectivity index (χ3n) is 2.16. The van der Waals surface area contributed by atoms with Gasteiger partial charge in [-0.2, -0.15) is 0 Å². The zero-order valence-electron chi connectivity index (χ0n) is 11.2. The first-order valence-electron chi connectivity index (χ1n) is 5.30. The van der Waals surface area contributed by atoms with Gasteiger partial charge in [0.2, 0.25) is 0 Å². The number of carbonyl (C=O) groups is 1. The van der Waals surface area contributed by atoms with Gasteiger partial charge in [0.1, 0.15) is 5.75 Å². The van der Waals surface area contributed by atoms with Crippen molar-refractivity contribution in [2.24, 2.45) is 0 Å². The molecule has 0 unspecified atom stereocenters. The molecule has 20 heavy (non-hydrogen) atoms. The van der Waals surface area contributed by atoms with Crippen molar-refractivity contribution in [3.63, 3.8) is 0 Å². The molecule has 0 bridgehead atoms. The normalized spacial score (nSPS) is 10.2. The van der Waals surface area contributed by atoms with Crippen LogP contribution < -0.4 is 62.2 Å². The molecule has 0 aromatic heterocycles. The summed E-state index contributed by atoms with van der Waals surface area (Å²) >= 11 is 9.02. The Balaban J connectivity index is 0.00000361. The Hall–Kier alpha value is 0.386. The molecule has 0 radical (unpaired) electrons. The van der Waals surface area contributed by atoms with Crippen molar-refractivity contribution >= 4 is 44.9 Å². The summed E-state index contributed by atoms with van der Waals surface area (Å²) in [6.45, 7) is 1.91. The molecule has 0 saturated carbocycles. The number of amides is 1. The molecule has 5 nitrogen and oxygen atoms in total. The first-order valence-corrected chi connectivity index (χ1v) is 7.94. The molecule has 0 atom stereocenters. The molecule has 1 aromatic carbocycles. The van der Waals surface area contributed by atoms with Crippen LogP contribution in [0, 0.1) is 6.92 Å². The van der Waals surface area contributed by atoms with Crippen molar-refractivity contribution in [3.8, 4) is 0 Å². The van der Waals surface area contributed by atoms with E-state index in [4.69, 9.17) is 0 Å². The number of hydrazine groups is 1. The Morgan fingerprint density at radius 3 is 2.30 bits per heavy atom. The minimum Gasteiger partial charge on any atom is -0.410 e. The second kappa shape index (κ2) is 9.41. The number of carbonyl (C=O) groups excluding carboxylic acids is 1. The van der Waals surface area contributed by atoms with Gasteiger partial charge in [0.15, 0.2) is 9.84 Å². The fraction of sp³-hybridized carbons (Fsp3) is 0.273. The van der Waals surface area contributed by atoms with E-state index in [9.17, 15) is 13.2 Å². The molecule has 9 heteroatoms. The maximum absolute atomic E-state index is 11.8. The van der Waals surface area contributed by atoms with Crippen molar-refractivity contribution < 1.29 is 64.6 Å². The average Bonchev–Trinajstić information content (AvgIpc) is 2.28. The molecule has 0 aliphatic rings. The number of nitrogens with one attached hydrogen (secondary N) is 2. The molecule has 0 heterocycles. The number of hydrogen-bond donors (Lipinski definition) is 2. The molecule has 0 aliphatic heterocycles. The van der Waals surface area contributed by atoms with E-state index in [-0.39, 0.29) is 61.5 Å². The molecule has 1 aromatic rings. The van der Waals surface area contributed by atoms with Crippen LogP contribution >= 0.6 is 12.2 Å². The van der Waals surface area contributed by atoms with Gasteiger partial charge in [-0.3, -0.25) is 10.2 Å². The predicted octanol–water partition coefficient (Wildman–Crippen LogP) is -2.63. The standard InChI is InChI=1S/C11H14N2O3S3.K/c1-8-2-4-9(5-3-8)6-19(15,16)7-10(14)12-13-11(17)18;/h2-5H,6-7H2,1H3,(H,12,14)(H2,13,17,18);/q;+1/p-1. The summed E-state index contributed by atoms with van der Waals surface area (Å²) in [5.41, 5.74) is 6.03. The number of sulfone groups is 1. The van der Waals surface area contributed by atoms with E-state index in [1.165, 1.54) is 0 Å². The minimum atomic E-state index is -3.52. The van der Waals surface area contributed by atoms with Crippen molar-refractivity contribution in [2.75, 3.05) is 5.75 Å². The third-order valence-corrected chi connectivity index (χ3v) is 3.84. The Morgan fingerprint density at radius 1 is 1.25 bits per heavy atom. The first-order chi connectivity index (χ1) is 8.78. The molecule has 1 amide bonds. The van der Waals surface area contributed by atoms with Crippen LogP contribution in [0.5, 0.6) is 0 Å². The molecule has 0 fully saturated rings. The fourth-order valence-electron chi connectivity index (χ4n) is 1.35. The van der Waals surface area contributed by atoms with E-state index >= 15 is 0 Å². The Labute approximate surface area is 172 Å². The van der Waals surface area contributed by atoms with Gasteiger partial charge in [-0.05, 0) is 16.8 Å². The zero-order valence-corrected chi connectivity index (χ0v) is 16.7. The van der Waals surface area contributed by atoms with Crippen molar-refractivity contribution in [1.29, 1.82) is 0 Å². The SMILES string of the molecule is Cc1ccc(CS(=O)(=O)CC(=O)NNC(=S)[S-])cc1.[K+]. The monoisotopic (exact) mass is 356 g/mol. The first kappa shape index (κ1) is 20.4. The zero-order chi connectivity index (χ0) is 14.5. The summed E-state index contributed by atoms with van der Waals surface area (Å²) in [6, 6.07) is 7.09. The van der Waals surface area contributed by atoms with Gasteiger partial charge in [0, 0.05) is 0 Å². The molecule has 0 aliphatic carbocycles. The van der Waals surface area contributed by atoms with Gasteiger partial charge < -0.3 is 30.3 Å². The van der Waals surface area contributed by atoms with E-state index in [0.29, 0.717) is 5.56 Å². The maximum atomic E-state index is 11.8. The molecule has 0 saturated heterocycles. The number of rotatable bonds is 4. The van der Waals surface area contributed by atoms with Crippen LogP contribution in [-0.2, 0) is 33.0 Å². The fourth-order valence-corrected chi connectivity index (χ4v) is 2.72. The molecule has 1 rings (SSSR count). The summed E-state index contributed by atoms with van der Waals surface area (Å²) in [4.78, 5) is 11.3. The molecule has 104 valence electrons. The van der Waals surface area contributed by atoms with E-state index in [1.54, 1.807) is 12.1 Å². The van der Waals surface area contributed by atoms with Crippen LogP contribution in [0.15, 0.2) is 24.3 Å². The topological polar surface area (TPSA) is 75.3 Å². The van der Waals surface area contributed by atoms with Gasteiger partial charge in [0.05, 0.1) is 5.75 Å². The second-order valence-electron chi connectivity index (χ2n) is 3.98. The molecular weight excluding hydrogens is 343 g/mol.